The van der Waals surface area contributed by atoms with Crippen LogP contribution in [0.5, 0.6) is 0 Å². The molecule has 1 unspecified atom stereocenters. The summed E-state index contributed by atoms with van der Waals surface area (Å²) in [5.74, 6) is -0.330. The Balaban J connectivity index is 1.99. The number of hydrogen-bond donors (Lipinski definition) is 2. The van der Waals surface area contributed by atoms with Crippen LogP contribution in [0.4, 0.5) is 0 Å². The normalized spacial score (nSPS) is 18.4. The van der Waals surface area contributed by atoms with Crippen LogP contribution in [0.3, 0.4) is 0 Å². The van der Waals surface area contributed by atoms with Crippen LogP contribution < -0.4 is 5.32 Å². The van der Waals surface area contributed by atoms with Crippen molar-refractivity contribution in [1.29, 1.82) is 0 Å². The monoisotopic (exact) mass is 347 g/mol. The van der Waals surface area contributed by atoms with Gasteiger partial charge in [0.15, 0.2) is 0 Å². The van der Waals surface area contributed by atoms with E-state index >= 15 is 0 Å². The molecule has 6 heteroatoms. The fraction of sp³-hybridized carbons (Fsp3) is 0.200. The number of amides is 2. The Bertz CT molecular complexity index is 669. The largest absolute Gasteiger partial charge is 0.357 e. The molecular weight excluding hydrogens is 334 g/mol. The number of aromatic amines is 1. The van der Waals surface area contributed by atoms with Gasteiger partial charge in [0.1, 0.15) is 11.7 Å². The van der Waals surface area contributed by atoms with Crippen LogP contribution in [0.2, 0.25) is 0 Å². The van der Waals surface area contributed by atoms with Gasteiger partial charge in [0, 0.05) is 23.8 Å². The van der Waals surface area contributed by atoms with E-state index in [2.05, 4.69) is 26.2 Å². The average Bonchev–Trinajstić information content (AvgIpc) is 3.01. The molecule has 0 bridgehead atoms. The van der Waals surface area contributed by atoms with Crippen molar-refractivity contribution in [2.75, 3.05) is 13.1 Å². The van der Waals surface area contributed by atoms with Crippen molar-refractivity contribution in [2.24, 2.45) is 0 Å². The van der Waals surface area contributed by atoms with Crippen LogP contribution in [0, 0.1) is 0 Å². The molecular formula is C15H14BrN3O2. The third kappa shape index (κ3) is 2.58. The van der Waals surface area contributed by atoms with E-state index < -0.39 is 6.04 Å². The second kappa shape index (κ2) is 5.73. The van der Waals surface area contributed by atoms with E-state index in [1.807, 2.05) is 24.3 Å². The SMILES string of the molecule is O=C1NCCN(C(=O)c2ccc[nH]2)C1c1ccccc1Br. The van der Waals surface area contributed by atoms with E-state index in [1.54, 1.807) is 23.2 Å². The minimum Gasteiger partial charge on any atom is -0.357 e. The molecule has 2 N–H and O–H groups in total. The number of halogens is 1. The van der Waals surface area contributed by atoms with Crippen LogP contribution in [0.25, 0.3) is 0 Å². The number of nitrogens with one attached hydrogen (secondary N) is 2. The number of carbonyl (C=O) groups excluding carboxylic acids is 2. The Kier molecular flexibility index (Phi) is 3.79. The second-order valence-corrected chi connectivity index (χ2v) is 5.65. The molecule has 0 spiro atoms. The first kappa shape index (κ1) is 13.9. The first-order valence-electron chi connectivity index (χ1n) is 6.65. The predicted octanol–water partition coefficient (Wildman–Crippen LogP) is 2.09. The fourth-order valence-electron chi connectivity index (χ4n) is 2.51. The summed E-state index contributed by atoms with van der Waals surface area (Å²) in [5, 5.41) is 2.82. The summed E-state index contributed by atoms with van der Waals surface area (Å²) < 4.78 is 0.816. The van der Waals surface area contributed by atoms with Gasteiger partial charge < -0.3 is 15.2 Å². The number of nitrogens with zero attached hydrogens (tertiary/aromatic N) is 1. The number of benzene rings is 1. The Morgan fingerprint density at radius 3 is 2.76 bits per heavy atom. The Morgan fingerprint density at radius 1 is 1.24 bits per heavy atom. The number of rotatable bonds is 2. The van der Waals surface area contributed by atoms with Crippen LogP contribution in [-0.2, 0) is 4.79 Å². The van der Waals surface area contributed by atoms with Gasteiger partial charge in [0.2, 0.25) is 5.91 Å². The van der Waals surface area contributed by atoms with Gasteiger partial charge in [-0.25, -0.2) is 0 Å². The van der Waals surface area contributed by atoms with Crippen molar-refractivity contribution in [3.05, 3.63) is 58.3 Å². The minimum atomic E-state index is -0.620. The zero-order valence-electron chi connectivity index (χ0n) is 11.2. The number of carbonyl (C=O) groups is 2. The molecule has 1 aliphatic heterocycles. The maximum absolute atomic E-state index is 12.6. The third-order valence-electron chi connectivity index (χ3n) is 3.50. The molecule has 0 radical (unpaired) electrons. The molecule has 5 nitrogen and oxygen atoms in total. The summed E-state index contributed by atoms with van der Waals surface area (Å²) >= 11 is 3.46. The zero-order chi connectivity index (χ0) is 14.8. The van der Waals surface area contributed by atoms with Crippen molar-refractivity contribution in [3.8, 4) is 0 Å². The highest BCUT2D eigenvalue weighted by molar-refractivity contribution is 9.10. The van der Waals surface area contributed by atoms with E-state index in [-0.39, 0.29) is 11.8 Å². The lowest BCUT2D eigenvalue weighted by atomic mass is 10.0. The maximum atomic E-state index is 12.6. The number of aromatic nitrogens is 1. The highest BCUT2D eigenvalue weighted by Gasteiger charge is 2.35. The van der Waals surface area contributed by atoms with E-state index in [4.69, 9.17) is 0 Å². The van der Waals surface area contributed by atoms with Gasteiger partial charge in [-0.05, 0) is 23.8 Å². The lowest BCUT2D eigenvalue weighted by molar-refractivity contribution is -0.128. The molecule has 2 amide bonds. The van der Waals surface area contributed by atoms with E-state index in [9.17, 15) is 9.59 Å². The molecule has 2 aromatic rings. The molecule has 3 rings (SSSR count). The number of piperazine rings is 1. The van der Waals surface area contributed by atoms with Crippen molar-refractivity contribution in [3.63, 3.8) is 0 Å². The van der Waals surface area contributed by atoms with Gasteiger partial charge in [-0.1, -0.05) is 34.1 Å². The number of hydrogen-bond acceptors (Lipinski definition) is 2. The van der Waals surface area contributed by atoms with Gasteiger partial charge in [-0.3, -0.25) is 9.59 Å². The summed E-state index contributed by atoms with van der Waals surface area (Å²) in [4.78, 5) is 29.4. The maximum Gasteiger partial charge on any atom is 0.271 e. The van der Waals surface area contributed by atoms with Crippen molar-refractivity contribution >= 4 is 27.7 Å². The topological polar surface area (TPSA) is 65.2 Å². The summed E-state index contributed by atoms with van der Waals surface area (Å²) in [6, 6.07) is 10.3. The summed E-state index contributed by atoms with van der Waals surface area (Å²) in [6.07, 6.45) is 1.70. The zero-order valence-corrected chi connectivity index (χ0v) is 12.8. The molecule has 2 heterocycles. The van der Waals surface area contributed by atoms with Gasteiger partial charge in [-0.15, -0.1) is 0 Å². The van der Waals surface area contributed by atoms with Crippen LogP contribution in [-0.4, -0.2) is 34.8 Å². The average molecular weight is 348 g/mol. The molecule has 1 aliphatic rings. The first-order chi connectivity index (χ1) is 10.2. The molecule has 0 saturated carbocycles. The van der Waals surface area contributed by atoms with Crippen LogP contribution in [0.15, 0.2) is 47.1 Å². The molecule has 0 aliphatic carbocycles. The van der Waals surface area contributed by atoms with E-state index in [1.165, 1.54) is 0 Å². The smallest absolute Gasteiger partial charge is 0.271 e. The highest BCUT2D eigenvalue weighted by Crippen LogP contribution is 2.30. The van der Waals surface area contributed by atoms with Crippen molar-refractivity contribution < 1.29 is 9.59 Å². The fourth-order valence-corrected chi connectivity index (χ4v) is 3.01. The minimum absolute atomic E-state index is 0.159. The molecule has 1 saturated heterocycles. The molecule has 1 fully saturated rings. The molecule has 1 aromatic carbocycles. The van der Waals surface area contributed by atoms with Crippen molar-refractivity contribution in [2.45, 2.75) is 6.04 Å². The highest BCUT2D eigenvalue weighted by atomic mass is 79.9. The Morgan fingerprint density at radius 2 is 2.05 bits per heavy atom. The van der Waals surface area contributed by atoms with Gasteiger partial charge in [-0.2, -0.15) is 0 Å². The predicted molar refractivity (Wildman–Crippen MR) is 81.7 cm³/mol. The van der Waals surface area contributed by atoms with Crippen LogP contribution in [0.1, 0.15) is 22.1 Å². The van der Waals surface area contributed by atoms with Crippen molar-refractivity contribution in [1.82, 2.24) is 15.2 Å². The number of H-pyrrole nitrogens is 1. The summed E-state index contributed by atoms with van der Waals surface area (Å²) in [6.45, 7) is 0.946. The summed E-state index contributed by atoms with van der Waals surface area (Å²) in [5.41, 5.74) is 1.27. The molecule has 1 atom stereocenters. The van der Waals surface area contributed by atoms with Gasteiger partial charge >= 0.3 is 0 Å². The Labute approximate surface area is 130 Å². The summed E-state index contributed by atoms with van der Waals surface area (Å²) in [7, 11) is 0. The van der Waals surface area contributed by atoms with Crippen LogP contribution >= 0.6 is 15.9 Å². The standard InChI is InChI=1S/C15H14BrN3O2/c16-11-5-2-1-4-10(11)13-14(20)18-8-9-19(13)15(21)12-6-3-7-17-12/h1-7,13,17H,8-9H2,(H,18,20). The Hall–Kier alpha value is -2.08. The molecule has 108 valence electrons. The van der Waals surface area contributed by atoms with E-state index in [0.717, 1.165) is 10.0 Å². The molecule has 1 aromatic heterocycles. The molecule has 21 heavy (non-hydrogen) atoms. The first-order valence-corrected chi connectivity index (χ1v) is 7.44. The lowest BCUT2D eigenvalue weighted by Gasteiger charge is -2.35. The quantitative estimate of drug-likeness (QED) is 0.873. The van der Waals surface area contributed by atoms with Gasteiger partial charge in [0.25, 0.3) is 5.91 Å². The van der Waals surface area contributed by atoms with Gasteiger partial charge in [0.05, 0.1) is 0 Å². The lowest BCUT2D eigenvalue weighted by Crippen LogP contribution is -2.52. The van der Waals surface area contributed by atoms with E-state index in [0.29, 0.717) is 18.8 Å². The second-order valence-electron chi connectivity index (χ2n) is 4.80. The third-order valence-corrected chi connectivity index (χ3v) is 4.22.